The fourth-order valence-electron chi connectivity index (χ4n) is 1.04. The zero-order valence-corrected chi connectivity index (χ0v) is 9.16. The Hall–Kier alpha value is -1.49. The number of rotatable bonds is 4. The van der Waals surface area contributed by atoms with Crippen molar-refractivity contribution in [3.63, 3.8) is 0 Å². The van der Waals surface area contributed by atoms with Crippen molar-refractivity contribution in [2.45, 2.75) is 18.7 Å². The van der Waals surface area contributed by atoms with Gasteiger partial charge in [0.2, 0.25) is 0 Å². The summed E-state index contributed by atoms with van der Waals surface area (Å²) in [4.78, 5) is 0. The number of benzene rings is 1. The van der Waals surface area contributed by atoms with Crippen molar-refractivity contribution in [2.24, 2.45) is 0 Å². The Balaban J connectivity index is 2.77. The molecule has 1 atom stereocenters. The van der Waals surface area contributed by atoms with Gasteiger partial charge in [-0.1, -0.05) is 18.7 Å². The Bertz CT molecular complexity index is 397. The second kappa shape index (κ2) is 4.79. The molecule has 1 radical (unpaired) electrons. The Kier molecular flexibility index (Phi) is 3.83. The molecule has 0 saturated heterocycles. The highest BCUT2D eigenvalue weighted by Gasteiger charge is 2.30. The third-order valence-corrected chi connectivity index (χ3v) is 2.05. The summed E-state index contributed by atoms with van der Waals surface area (Å²) in [6, 6.07) is 4.42. The number of hydrogen-bond donors (Lipinski definition) is 1. The highest BCUT2D eigenvalue weighted by atomic mass is 19.4. The summed E-state index contributed by atoms with van der Waals surface area (Å²) in [6.07, 6.45) is -3.40. The van der Waals surface area contributed by atoms with Crippen molar-refractivity contribution in [1.82, 2.24) is 0 Å². The van der Waals surface area contributed by atoms with Crippen molar-refractivity contribution >= 4 is 0 Å². The minimum atomic E-state index is -4.41. The van der Waals surface area contributed by atoms with Crippen LogP contribution in [0.4, 0.5) is 13.2 Å². The second-order valence-electron chi connectivity index (χ2n) is 3.84. The fraction of sp³-hybridized carbons (Fsp3) is 0.333. The van der Waals surface area contributed by atoms with E-state index in [1.54, 1.807) is 0 Å². The summed E-state index contributed by atoms with van der Waals surface area (Å²) >= 11 is 0. The van der Waals surface area contributed by atoms with Crippen LogP contribution in [0.3, 0.4) is 0 Å². The Morgan fingerprint density at radius 3 is 2.59 bits per heavy atom. The number of halogens is 3. The van der Waals surface area contributed by atoms with Crippen LogP contribution in [0, 0.1) is 6.58 Å². The summed E-state index contributed by atoms with van der Waals surface area (Å²) in [6.45, 7) is 6.31. The summed E-state index contributed by atoms with van der Waals surface area (Å²) < 4.78 is 42.2. The SMILES string of the molecule is [CH]=CC(C)(O)COc1cccc(C(F)(F)F)c1. The van der Waals surface area contributed by atoms with Crippen LogP contribution in [0.25, 0.3) is 0 Å². The molecule has 1 rings (SSSR count). The average Bonchev–Trinajstić information content (AvgIpc) is 2.26. The minimum absolute atomic E-state index is 0.0296. The molecule has 2 nitrogen and oxygen atoms in total. The lowest BCUT2D eigenvalue weighted by Crippen LogP contribution is -2.29. The maximum absolute atomic E-state index is 12.4. The van der Waals surface area contributed by atoms with Gasteiger partial charge >= 0.3 is 6.18 Å². The molecule has 0 spiro atoms. The zero-order chi connectivity index (χ0) is 13.1. The van der Waals surface area contributed by atoms with E-state index in [1.807, 2.05) is 0 Å². The first kappa shape index (κ1) is 13.6. The lowest BCUT2D eigenvalue weighted by molar-refractivity contribution is -0.137. The van der Waals surface area contributed by atoms with E-state index in [0.29, 0.717) is 0 Å². The van der Waals surface area contributed by atoms with E-state index in [0.717, 1.165) is 18.2 Å². The van der Waals surface area contributed by atoms with Gasteiger partial charge in [0.25, 0.3) is 0 Å². The zero-order valence-electron chi connectivity index (χ0n) is 9.16. The summed E-state index contributed by atoms with van der Waals surface area (Å²) in [5.74, 6) is 0.0296. The van der Waals surface area contributed by atoms with E-state index >= 15 is 0 Å². The van der Waals surface area contributed by atoms with E-state index in [-0.39, 0.29) is 12.4 Å². The maximum atomic E-state index is 12.4. The smallest absolute Gasteiger partial charge is 0.416 e. The molecule has 0 saturated carbocycles. The van der Waals surface area contributed by atoms with Crippen LogP contribution in [0.2, 0.25) is 0 Å². The highest BCUT2D eigenvalue weighted by molar-refractivity contribution is 5.30. The Labute approximate surface area is 97.3 Å². The Morgan fingerprint density at radius 2 is 2.06 bits per heavy atom. The van der Waals surface area contributed by atoms with Crippen LogP contribution in [-0.4, -0.2) is 17.3 Å². The molecule has 5 heteroatoms. The van der Waals surface area contributed by atoms with Crippen LogP contribution in [-0.2, 0) is 6.18 Å². The number of alkyl halides is 3. The van der Waals surface area contributed by atoms with E-state index < -0.39 is 17.3 Å². The van der Waals surface area contributed by atoms with Gasteiger partial charge in [0.15, 0.2) is 0 Å². The van der Waals surface area contributed by atoms with Crippen LogP contribution in [0.15, 0.2) is 30.3 Å². The highest BCUT2D eigenvalue weighted by Crippen LogP contribution is 2.31. The van der Waals surface area contributed by atoms with E-state index in [4.69, 9.17) is 11.3 Å². The van der Waals surface area contributed by atoms with Gasteiger partial charge in [0.05, 0.1) is 5.56 Å². The predicted molar refractivity (Wildman–Crippen MR) is 56.4 cm³/mol. The quantitative estimate of drug-likeness (QED) is 0.883. The van der Waals surface area contributed by atoms with Gasteiger partial charge in [0.1, 0.15) is 18.0 Å². The molecule has 0 aromatic heterocycles. The molecule has 0 amide bonds. The summed E-state index contributed by atoms with van der Waals surface area (Å²) in [5, 5.41) is 9.49. The van der Waals surface area contributed by atoms with Gasteiger partial charge in [-0.15, -0.1) is 0 Å². The van der Waals surface area contributed by atoms with Crippen molar-refractivity contribution in [2.75, 3.05) is 6.61 Å². The number of ether oxygens (including phenoxy) is 1. The lowest BCUT2D eigenvalue weighted by Gasteiger charge is -2.19. The summed E-state index contributed by atoms with van der Waals surface area (Å²) in [7, 11) is 0. The lowest BCUT2D eigenvalue weighted by atomic mass is 10.1. The van der Waals surface area contributed by atoms with Gasteiger partial charge in [-0.05, 0) is 25.1 Å². The molecular formula is C12H12F3O2. The van der Waals surface area contributed by atoms with E-state index in [1.165, 1.54) is 19.1 Å². The monoisotopic (exact) mass is 245 g/mol. The molecule has 1 aromatic rings. The molecule has 1 aromatic carbocycles. The van der Waals surface area contributed by atoms with Gasteiger partial charge in [-0.25, -0.2) is 0 Å². The molecule has 17 heavy (non-hydrogen) atoms. The molecule has 0 aliphatic heterocycles. The molecule has 93 valence electrons. The average molecular weight is 245 g/mol. The second-order valence-corrected chi connectivity index (χ2v) is 3.84. The van der Waals surface area contributed by atoms with Gasteiger partial charge in [-0.3, -0.25) is 0 Å². The fourth-order valence-corrected chi connectivity index (χ4v) is 1.04. The van der Waals surface area contributed by atoms with Crippen LogP contribution >= 0.6 is 0 Å². The first-order valence-electron chi connectivity index (χ1n) is 4.83. The number of aliphatic hydroxyl groups is 1. The standard InChI is InChI=1S/C12H12F3O2/c1-3-11(2,16)8-17-10-6-4-5-9(7-10)12(13,14)15/h1,3-7,16H,8H2,2H3. The van der Waals surface area contributed by atoms with Crippen LogP contribution in [0.5, 0.6) is 5.75 Å². The maximum Gasteiger partial charge on any atom is 0.416 e. The molecule has 0 aliphatic rings. The van der Waals surface area contributed by atoms with E-state index in [9.17, 15) is 18.3 Å². The van der Waals surface area contributed by atoms with Crippen LogP contribution in [0.1, 0.15) is 12.5 Å². The third kappa shape index (κ3) is 4.11. The normalized spacial score (nSPS) is 15.1. The minimum Gasteiger partial charge on any atom is -0.490 e. The number of hydrogen-bond acceptors (Lipinski definition) is 2. The van der Waals surface area contributed by atoms with E-state index in [2.05, 4.69) is 0 Å². The molecule has 0 fully saturated rings. The van der Waals surface area contributed by atoms with Gasteiger partial charge < -0.3 is 9.84 Å². The first-order valence-corrected chi connectivity index (χ1v) is 4.83. The molecule has 0 heterocycles. The molecular weight excluding hydrogens is 233 g/mol. The van der Waals surface area contributed by atoms with Crippen molar-refractivity contribution in [3.05, 3.63) is 42.5 Å². The Morgan fingerprint density at radius 1 is 1.41 bits per heavy atom. The van der Waals surface area contributed by atoms with Gasteiger partial charge in [0, 0.05) is 0 Å². The summed E-state index contributed by atoms with van der Waals surface area (Å²) in [5.41, 5.74) is -2.18. The van der Waals surface area contributed by atoms with Crippen molar-refractivity contribution in [1.29, 1.82) is 0 Å². The topological polar surface area (TPSA) is 29.5 Å². The van der Waals surface area contributed by atoms with Gasteiger partial charge in [-0.2, -0.15) is 13.2 Å². The predicted octanol–water partition coefficient (Wildman–Crippen LogP) is 2.82. The third-order valence-electron chi connectivity index (χ3n) is 2.05. The van der Waals surface area contributed by atoms with Crippen LogP contribution < -0.4 is 4.74 Å². The van der Waals surface area contributed by atoms with Crippen molar-refractivity contribution < 1.29 is 23.0 Å². The molecule has 0 aliphatic carbocycles. The molecule has 1 unspecified atom stereocenters. The molecule has 0 bridgehead atoms. The van der Waals surface area contributed by atoms with Crippen molar-refractivity contribution in [3.8, 4) is 5.75 Å². The first-order chi connectivity index (χ1) is 7.74. The molecule has 1 N–H and O–H groups in total. The largest absolute Gasteiger partial charge is 0.490 e.